The van der Waals surface area contributed by atoms with Crippen molar-refractivity contribution in [3.05, 3.63) is 71.4 Å². The van der Waals surface area contributed by atoms with E-state index in [0.29, 0.717) is 16.8 Å². The van der Waals surface area contributed by atoms with Crippen LogP contribution in [0.1, 0.15) is 21.6 Å². The fraction of sp³-hybridized carbons (Fsp3) is 0.105. The Morgan fingerprint density at radius 3 is 2.65 bits per heavy atom. The van der Waals surface area contributed by atoms with Crippen molar-refractivity contribution >= 4 is 28.4 Å². The van der Waals surface area contributed by atoms with E-state index in [2.05, 4.69) is 4.98 Å². The van der Waals surface area contributed by atoms with Gasteiger partial charge in [0, 0.05) is 16.6 Å². The van der Waals surface area contributed by atoms with Gasteiger partial charge in [-0.05, 0) is 30.7 Å². The van der Waals surface area contributed by atoms with Gasteiger partial charge in [-0.3, -0.25) is 14.6 Å². The number of carbonyl (C=O) groups is 2. The van der Waals surface area contributed by atoms with E-state index < -0.39 is 0 Å². The summed E-state index contributed by atoms with van der Waals surface area (Å²) in [6.07, 6.45) is 0.226. The number of carbonyl (C=O) groups excluding carboxylic acids is 2. The van der Waals surface area contributed by atoms with Crippen molar-refractivity contribution in [2.24, 2.45) is 0 Å². The summed E-state index contributed by atoms with van der Waals surface area (Å²) in [7, 11) is 0. The molecular formula is C19H14N2O2. The van der Waals surface area contributed by atoms with E-state index >= 15 is 0 Å². The summed E-state index contributed by atoms with van der Waals surface area (Å²) < 4.78 is 0. The molecule has 23 heavy (non-hydrogen) atoms. The number of fused-ring (bicyclic) bond motifs is 2. The van der Waals surface area contributed by atoms with Crippen LogP contribution in [0, 0.1) is 6.92 Å². The Morgan fingerprint density at radius 2 is 1.78 bits per heavy atom. The first kappa shape index (κ1) is 13.6. The molecule has 112 valence electrons. The van der Waals surface area contributed by atoms with Gasteiger partial charge in [-0.2, -0.15) is 0 Å². The van der Waals surface area contributed by atoms with Gasteiger partial charge in [-0.15, -0.1) is 0 Å². The number of anilines is 1. The summed E-state index contributed by atoms with van der Waals surface area (Å²) in [6.45, 7) is 1.89. The molecule has 0 atom stereocenters. The number of rotatable bonds is 1. The molecule has 2 amide bonds. The summed E-state index contributed by atoms with van der Waals surface area (Å²) in [6, 6.07) is 16.7. The Hall–Kier alpha value is -3.01. The van der Waals surface area contributed by atoms with Crippen LogP contribution < -0.4 is 4.90 Å². The average Bonchev–Trinajstić information content (AvgIpc) is 2.55. The number of amides is 2. The van der Waals surface area contributed by atoms with Crippen LogP contribution in [0.15, 0.2) is 54.6 Å². The van der Waals surface area contributed by atoms with Gasteiger partial charge < -0.3 is 0 Å². The molecule has 0 aliphatic carbocycles. The lowest BCUT2D eigenvalue weighted by atomic mass is 9.97. The quantitative estimate of drug-likeness (QED) is 0.648. The zero-order valence-corrected chi connectivity index (χ0v) is 12.6. The maximum Gasteiger partial charge on any atom is 0.265 e. The number of aryl methyl sites for hydroxylation is 1. The van der Waals surface area contributed by atoms with Gasteiger partial charge in [0.1, 0.15) is 0 Å². The van der Waals surface area contributed by atoms with Crippen molar-refractivity contribution in [2.45, 2.75) is 13.3 Å². The molecule has 4 heteroatoms. The third-order valence-corrected chi connectivity index (χ3v) is 4.12. The minimum atomic E-state index is -0.285. The number of aromatic nitrogens is 1. The molecule has 0 saturated carbocycles. The predicted octanol–water partition coefficient (Wildman–Crippen LogP) is 3.27. The lowest BCUT2D eigenvalue weighted by molar-refractivity contribution is -0.117. The zero-order chi connectivity index (χ0) is 16.0. The number of benzene rings is 2. The first-order valence-corrected chi connectivity index (χ1v) is 7.47. The molecule has 0 radical (unpaired) electrons. The molecule has 0 unspecified atom stereocenters. The Labute approximate surface area is 133 Å². The molecular weight excluding hydrogens is 288 g/mol. The zero-order valence-electron chi connectivity index (χ0n) is 12.6. The van der Waals surface area contributed by atoms with Crippen LogP contribution >= 0.6 is 0 Å². The van der Waals surface area contributed by atoms with Crippen molar-refractivity contribution in [1.82, 2.24) is 4.98 Å². The molecule has 0 N–H and O–H groups in total. The highest BCUT2D eigenvalue weighted by Gasteiger charge is 2.32. The fourth-order valence-corrected chi connectivity index (χ4v) is 3.01. The minimum Gasteiger partial charge on any atom is -0.274 e. The number of para-hydroxylation sites is 1. The van der Waals surface area contributed by atoms with E-state index in [-0.39, 0.29) is 18.2 Å². The number of nitrogens with zero attached hydrogens (tertiary/aromatic N) is 2. The smallest absolute Gasteiger partial charge is 0.265 e. The van der Waals surface area contributed by atoms with Crippen LogP contribution in [0.25, 0.3) is 10.9 Å². The molecule has 1 aliphatic rings. The van der Waals surface area contributed by atoms with Crippen molar-refractivity contribution in [3.63, 3.8) is 0 Å². The Bertz CT molecular complexity index is 962. The second kappa shape index (κ2) is 5.02. The van der Waals surface area contributed by atoms with Crippen molar-refractivity contribution in [2.75, 3.05) is 4.90 Å². The minimum absolute atomic E-state index is 0.218. The first-order chi connectivity index (χ1) is 11.1. The largest absolute Gasteiger partial charge is 0.274 e. The summed E-state index contributed by atoms with van der Waals surface area (Å²) in [5.74, 6) is -0.503. The number of hydrogen-bond acceptors (Lipinski definition) is 3. The maximum atomic E-state index is 12.8. The monoisotopic (exact) mass is 302 g/mol. The van der Waals surface area contributed by atoms with Gasteiger partial charge in [0.2, 0.25) is 5.91 Å². The third-order valence-electron chi connectivity index (χ3n) is 4.12. The highest BCUT2D eigenvalue weighted by atomic mass is 16.2. The van der Waals surface area contributed by atoms with Crippen molar-refractivity contribution in [3.8, 4) is 0 Å². The second-order valence-corrected chi connectivity index (χ2v) is 5.67. The molecule has 0 spiro atoms. The summed E-state index contributed by atoms with van der Waals surface area (Å²) in [5.41, 5.74) is 3.44. The Kier molecular flexibility index (Phi) is 2.98. The molecule has 0 bridgehead atoms. The molecule has 4 nitrogen and oxygen atoms in total. The fourth-order valence-electron chi connectivity index (χ4n) is 3.01. The number of hydrogen-bond donors (Lipinski definition) is 0. The molecule has 1 aliphatic heterocycles. The lowest BCUT2D eigenvalue weighted by Gasteiger charge is -2.27. The highest BCUT2D eigenvalue weighted by Crippen LogP contribution is 2.30. The normalized spacial score (nSPS) is 14.2. The summed E-state index contributed by atoms with van der Waals surface area (Å²) >= 11 is 0. The predicted molar refractivity (Wildman–Crippen MR) is 88.4 cm³/mol. The van der Waals surface area contributed by atoms with E-state index in [1.807, 2.05) is 49.4 Å². The molecule has 4 rings (SSSR count). The van der Waals surface area contributed by atoms with Crippen LogP contribution in [-0.4, -0.2) is 16.8 Å². The standard InChI is InChI=1S/C19H14N2O2/c1-12-9-10-13-6-4-8-16(18(13)20-12)21-17(22)11-14-5-2-3-7-15(14)19(21)23/h2-10H,11H2,1H3. The van der Waals surface area contributed by atoms with Gasteiger partial charge in [0.05, 0.1) is 17.6 Å². The molecule has 0 saturated heterocycles. The van der Waals surface area contributed by atoms with Crippen LogP contribution in [0.3, 0.4) is 0 Å². The molecule has 2 heterocycles. The van der Waals surface area contributed by atoms with Crippen LogP contribution in [0.4, 0.5) is 5.69 Å². The lowest BCUT2D eigenvalue weighted by Crippen LogP contribution is -2.42. The van der Waals surface area contributed by atoms with Crippen LogP contribution in [0.2, 0.25) is 0 Å². The van der Waals surface area contributed by atoms with E-state index in [1.165, 1.54) is 4.90 Å². The SMILES string of the molecule is Cc1ccc2cccc(N3C(=O)Cc4ccccc4C3=O)c2n1. The van der Waals surface area contributed by atoms with Crippen molar-refractivity contribution in [1.29, 1.82) is 0 Å². The van der Waals surface area contributed by atoms with E-state index in [9.17, 15) is 9.59 Å². The van der Waals surface area contributed by atoms with Crippen LogP contribution in [-0.2, 0) is 11.2 Å². The summed E-state index contributed by atoms with van der Waals surface area (Å²) in [4.78, 5) is 31.2. The third kappa shape index (κ3) is 2.11. The van der Waals surface area contributed by atoms with E-state index in [4.69, 9.17) is 0 Å². The van der Waals surface area contributed by atoms with Gasteiger partial charge in [-0.1, -0.05) is 36.4 Å². The first-order valence-electron chi connectivity index (χ1n) is 7.47. The summed E-state index contributed by atoms with van der Waals surface area (Å²) in [5, 5.41) is 0.910. The Morgan fingerprint density at radius 1 is 0.957 bits per heavy atom. The van der Waals surface area contributed by atoms with E-state index in [0.717, 1.165) is 16.6 Å². The Balaban J connectivity index is 1.93. The van der Waals surface area contributed by atoms with E-state index in [1.54, 1.807) is 12.1 Å². The highest BCUT2D eigenvalue weighted by molar-refractivity contribution is 6.26. The number of pyridine rings is 1. The topological polar surface area (TPSA) is 50.3 Å². The molecule has 3 aromatic rings. The van der Waals surface area contributed by atoms with Crippen LogP contribution in [0.5, 0.6) is 0 Å². The number of imide groups is 1. The second-order valence-electron chi connectivity index (χ2n) is 5.67. The van der Waals surface area contributed by atoms with Crippen molar-refractivity contribution < 1.29 is 9.59 Å². The van der Waals surface area contributed by atoms with Gasteiger partial charge in [-0.25, -0.2) is 4.90 Å². The van der Waals surface area contributed by atoms with Gasteiger partial charge >= 0.3 is 0 Å². The maximum absolute atomic E-state index is 12.8. The average molecular weight is 302 g/mol. The van der Waals surface area contributed by atoms with Gasteiger partial charge in [0.25, 0.3) is 5.91 Å². The molecule has 0 fully saturated rings. The molecule has 1 aromatic heterocycles. The van der Waals surface area contributed by atoms with Gasteiger partial charge in [0.15, 0.2) is 0 Å². The molecule has 2 aromatic carbocycles.